The Hall–Kier alpha value is -0.350. The zero-order valence-corrected chi connectivity index (χ0v) is 9.00. The smallest absolute Gasteiger partial charge is 0.136 e. The number of benzene rings is 1. The highest BCUT2D eigenvalue weighted by atomic mass is 127. The summed E-state index contributed by atoms with van der Waals surface area (Å²) in [6.45, 7) is 0. The summed E-state index contributed by atoms with van der Waals surface area (Å²) in [5.41, 5.74) is 0. The van der Waals surface area contributed by atoms with Crippen LogP contribution < -0.4 is 0 Å². The van der Waals surface area contributed by atoms with E-state index in [0.717, 1.165) is 10.8 Å². The van der Waals surface area contributed by atoms with E-state index in [4.69, 9.17) is 11.6 Å². The second-order valence-electron chi connectivity index (χ2n) is 2.47. The van der Waals surface area contributed by atoms with Gasteiger partial charge < -0.3 is 0 Å². The monoisotopic (exact) mass is 289 g/mol. The Kier molecular flexibility index (Phi) is 2.19. The van der Waals surface area contributed by atoms with Crippen molar-refractivity contribution in [2.75, 3.05) is 0 Å². The SMILES string of the molecule is Clc1nccc2cc(I)ccc12. The lowest BCUT2D eigenvalue weighted by molar-refractivity contribution is 1.36. The summed E-state index contributed by atoms with van der Waals surface area (Å²) in [4.78, 5) is 4.00. The van der Waals surface area contributed by atoms with Crippen LogP contribution in [0, 0.1) is 3.57 Å². The lowest BCUT2D eigenvalue weighted by Crippen LogP contribution is -1.79. The zero-order chi connectivity index (χ0) is 8.55. The molecular weight excluding hydrogens is 284 g/mol. The van der Waals surface area contributed by atoms with E-state index in [1.54, 1.807) is 6.20 Å². The van der Waals surface area contributed by atoms with Gasteiger partial charge in [0, 0.05) is 15.2 Å². The summed E-state index contributed by atoms with van der Waals surface area (Å²) in [5, 5.41) is 2.73. The quantitative estimate of drug-likeness (QED) is 0.534. The highest BCUT2D eigenvalue weighted by Crippen LogP contribution is 2.22. The van der Waals surface area contributed by atoms with E-state index in [1.165, 1.54) is 3.57 Å². The molecule has 1 aromatic carbocycles. The van der Waals surface area contributed by atoms with Gasteiger partial charge in [0.15, 0.2) is 0 Å². The molecule has 0 aliphatic rings. The lowest BCUT2D eigenvalue weighted by Gasteiger charge is -1.98. The van der Waals surface area contributed by atoms with Crippen LogP contribution in [0.4, 0.5) is 0 Å². The minimum absolute atomic E-state index is 0.573. The normalized spacial score (nSPS) is 10.5. The topological polar surface area (TPSA) is 12.9 Å². The maximum absolute atomic E-state index is 5.90. The van der Waals surface area contributed by atoms with E-state index >= 15 is 0 Å². The van der Waals surface area contributed by atoms with Gasteiger partial charge in [0.05, 0.1) is 0 Å². The molecular formula is C9H5ClIN. The van der Waals surface area contributed by atoms with Crippen molar-refractivity contribution in [1.82, 2.24) is 4.98 Å². The molecule has 0 fully saturated rings. The first-order valence-electron chi connectivity index (χ1n) is 3.47. The van der Waals surface area contributed by atoms with E-state index in [1.807, 2.05) is 18.2 Å². The van der Waals surface area contributed by atoms with E-state index in [-0.39, 0.29) is 0 Å². The summed E-state index contributed by atoms with van der Waals surface area (Å²) in [5.74, 6) is 0. The van der Waals surface area contributed by atoms with Crippen molar-refractivity contribution in [3.8, 4) is 0 Å². The Morgan fingerprint density at radius 1 is 1.25 bits per heavy atom. The molecule has 0 atom stereocenters. The fourth-order valence-corrected chi connectivity index (χ4v) is 1.86. The molecule has 1 nitrogen and oxygen atoms in total. The van der Waals surface area contributed by atoms with Crippen LogP contribution in [0.1, 0.15) is 0 Å². The minimum atomic E-state index is 0.573. The maximum Gasteiger partial charge on any atom is 0.136 e. The number of halogens is 2. The number of rotatable bonds is 0. The molecule has 1 heterocycles. The van der Waals surface area contributed by atoms with E-state index in [0.29, 0.717) is 5.15 Å². The van der Waals surface area contributed by atoms with Crippen LogP contribution >= 0.6 is 34.2 Å². The number of hydrogen-bond acceptors (Lipinski definition) is 1. The Morgan fingerprint density at radius 2 is 2.08 bits per heavy atom. The molecule has 12 heavy (non-hydrogen) atoms. The minimum Gasteiger partial charge on any atom is -0.244 e. The highest BCUT2D eigenvalue weighted by molar-refractivity contribution is 14.1. The molecule has 0 unspecified atom stereocenters. The van der Waals surface area contributed by atoms with Crippen LogP contribution in [-0.4, -0.2) is 4.98 Å². The molecule has 60 valence electrons. The number of nitrogens with zero attached hydrogens (tertiary/aromatic N) is 1. The fraction of sp³-hybridized carbons (Fsp3) is 0. The van der Waals surface area contributed by atoms with Gasteiger partial charge >= 0.3 is 0 Å². The standard InChI is InChI=1S/C9H5ClIN/c10-9-8-2-1-7(11)5-6(8)3-4-12-9/h1-5H. The van der Waals surface area contributed by atoms with Gasteiger partial charge in [0.2, 0.25) is 0 Å². The van der Waals surface area contributed by atoms with Crippen LogP contribution in [-0.2, 0) is 0 Å². The van der Waals surface area contributed by atoms with Crippen molar-refractivity contribution in [3.63, 3.8) is 0 Å². The van der Waals surface area contributed by atoms with Gasteiger partial charge in [0.25, 0.3) is 0 Å². The number of hydrogen-bond donors (Lipinski definition) is 0. The summed E-state index contributed by atoms with van der Waals surface area (Å²) >= 11 is 8.17. The van der Waals surface area contributed by atoms with Gasteiger partial charge in [-0.2, -0.15) is 0 Å². The third kappa shape index (κ3) is 1.41. The molecule has 2 aromatic rings. The van der Waals surface area contributed by atoms with Gasteiger partial charge in [-0.1, -0.05) is 17.7 Å². The van der Waals surface area contributed by atoms with Crippen molar-refractivity contribution in [2.24, 2.45) is 0 Å². The average molecular weight is 290 g/mol. The predicted molar refractivity (Wildman–Crippen MR) is 59.5 cm³/mol. The Morgan fingerprint density at radius 3 is 2.92 bits per heavy atom. The molecule has 0 spiro atoms. The molecule has 3 heteroatoms. The summed E-state index contributed by atoms with van der Waals surface area (Å²) in [6, 6.07) is 8.07. The molecule has 0 bridgehead atoms. The molecule has 0 N–H and O–H groups in total. The first kappa shape index (κ1) is 8.26. The molecule has 2 rings (SSSR count). The number of aromatic nitrogens is 1. The molecule has 0 amide bonds. The third-order valence-electron chi connectivity index (χ3n) is 1.68. The highest BCUT2D eigenvalue weighted by Gasteiger charge is 1.98. The molecule has 0 saturated carbocycles. The Balaban J connectivity index is 2.86. The van der Waals surface area contributed by atoms with Gasteiger partial charge in [0.1, 0.15) is 5.15 Å². The number of fused-ring (bicyclic) bond motifs is 1. The Bertz CT molecular complexity index is 428. The van der Waals surface area contributed by atoms with Gasteiger partial charge in [-0.25, -0.2) is 4.98 Å². The zero-order valence-electron chi connectivity index (χ0n) is 6.09. The molecule has 1 aromatic heterocycles. The molecule has 0 radical (unpaired) electrons. The van der Waals surface area contributed by atoms with Crippen LogP contribution in [0.3, 0.4) is 0 Å². The summed E-state index contributed by atoms with van der Waals surface area (Å²) < 4.78 is 1.21. The van der Waals surface area contributed by atoms with Crippen molar-refractivity contribution >= 4 is 45.0 Å². The third-order valence-corrected chi connectivity index (χ3v) is 2.65. The van der Waals surface area contributed by atoms with E-state index < -0.39 is 0 Å². The first-order valence-corrected chi connectivity index (χ1v) is 4.93. The van der Waals surface area contributed by atoms with Gasteiger partial charge in [-0.3, -0.25) is 0 Å². The van der Waals surface area contributed by atoms with Crippen LogP contribution in [0.2, 0.25) is 5.15 Å². The molecule has 0 aliphatic carbocycles. The summed E-state index contributed by atoms with van der Waals surface area (Å²) in [7, 11) is 0. The second-order valence-corrected chi connectivity index (χ2v) is 4.07. The lowest BCUT2D eigenvalue weighted by atomic mass is 10.2. The van der Waals surface area contributed by atoms with E-state index in [2.05, 4.69) is 33.6 Å². The van der Waals surface area contributed by atoms with E-state index in [9.17, 15) is 0 Å². The molecule has 0 aliphatic heterocycles. The molecule has 0 saturated heterocycles. The van der Waals surface area contributed by atoms with Crippen molar-refractivity contribution in [1.29, 1.82) is 0 Å². The second kappa shape index (κ2) is 3.18. The van der Waals surface area contributed by atoms with Crippen molar-refractivity contribution < 1.29 is 0 Å². The van der Waals surface area contributed by atoms with Crippen molar-refractivity contribution in [3.05, 3.63) is 39.2 Å². The fourth-order valence-electron chi connectivity index (χ4n) is 1.11. The van der Waals surface area contributed by atoms with Crippen molar-refractivity contribution in [2.45, 2.75) is 0 Å². The maximum atomic E-state index is 5.90. The van der Waals surface area contributed by atoms with Crippen LogP contribution in [0.5, 0.6) is 0 Å². The first-order chi connectivity index (χ1) is 5.77. The van der Waals surface area contributed by atoms with Crippen LogP contribution in [0.15, 0.2) is 30.5 Å². The number of pyridine rings is 1. The van der Waals surface area contributed by atoms with Gasteiger partial charge in [-0.15, -0.1) is 0 Å². The average Bonchev–Trinajstić information content (AvgIpc) is 2.04. The predicted octanol–water partition coefficient (Wildman–Crippen LogP) is 3.49. The Labute approximate surface area is 88.9 Å². The van der Waals surface area contributed by atoms with Crippen LogP contribution in [0.25, 0.3) is 10.8 Å². The van der Waals surface area contributed by atoms with Gasteiger partial charge in [-0.05, 0) is 46.2 Å². The summed E-state index contributed by atoms with van der Waals surface area (Å²) in [6.07, 6.45) is 1.72. The largest absolute Gasteiger partial charge is 0.244 e.